The Hall–Kier alpha value is -2.34. The quantitative estimate of drug-likeness (QED) is 0.860. The summed E-state index contributed by atoms with van der Waals surface area (Å²) in [5.41, 5.74) is 3.41. The molecule has 1 N–H and O–H groups in total. The van der Waals surface area contributed by atoms with Crippen LogP contribution in [0.5, 0.6) is 0 Å². The minimum Gasteiger partial charge on any atom is -0.353 e. The molecule has 0 saturated carbocycles. The van der Waals surface area contributed by atoms with E-state index in [1.165, 1.54) is 0 Å². The van der Waals surface area contributed by atoms with Gasteiger partial charge in [0.2, 0.25) is 0 Å². The third-order valence-corrected chi connectivity index (χ3v) is 2.20. The molecule has 1 aromatic carbocycles. The average Bonchev–Trinajstić information content (AvgIpc) is 2.42. The maximum absolute atomic E-state index is 8.95. The molecule has 2 rings (SSSR count). The molecule has 0 bridgehead atoms. The molecule has 2 aromatic rings. The summed E-state index contributed by atoms with van der Waals surface area (Å²) >= 11 is 0. The number of rotatable bonds is 2. The Bertz CT molecular complexity index is 541. The van der Waals surface area contributed by atoms with E-state index >= 15 is 0 Å². The van der Waals surface area contributed by atoms with E-state index in [1.54, 1.807) is 18.5 Å². The summed E-state index contributed by atoms with van der Waals surface area (Å²) in [6, 6.07) is 11.5. The lowest BCUT2D eigenvalue weighted by atomic mass is 10.2. The Balaban J connectivity index is 0.000000771. The second-order valence-corrected chi connectivity index (χ2v) is 3.53. The van der Waals surface area contributed by atoms with Gasteiger partial charge in [-0.1, -0.05) is 26.0 Å². The normalized spacial score (nSPS) is 8.78. The van der Waals surface area contributed by atoms with Gasteiger partial charge in [0.05, 0.1) is 23.1 Å². The molecule has 0 unspecified atom stereocenters. The number of nitrogens with one attached hydrogen (secondary N) is 1. The van der Waals surface area contributed by atoms with E-state index in [0.717, 1.165) is 16.9 Å². The van der Waals surface area contributed by atoms with Crippen LogP contribution in [0.2, 0.25) is 0 Å². The third-order valence-electron chi connectivity index (χ3n) is 2.20. The van der Waals surface area contributed by atoms with Gasteiger partial charge in [0.1, 0.15) is 6.07 Å². The van der Waals surface area contributed by atoms with Crippen LogP contribution < -0.4 is 5.32 Å². The zero-order valence-corrected chi connectivity index (χ0v) is 10.9. The summed E-state index contributed by atoms with van der Waals surface area (Å²) in [7, 11) is 0. The van der Waals surface area contributed by atoms with Gasteiger partial charge in [-0.2, -0.15) is 5.26 Å². The number of anilines is 2. The predicted octanol–water partition coefficient (Wildman–Crippen LogP) is 4.03. The van der Waals surface area contributed by atoms with Crippen LogP contribution in [0.25, 0.3) is 0 Å². The van der Waals surface area contributed by atoms with Crippen molar-refractivity contribution in [3.05, 3.63) is 53.9 Å². The molecule has 0 atom stereocenters. The van der Waals surface area contributed by atoms with Crippen molar-refractivity contribution >= 4 is 11.4 Å². The first-order valence-corrected chi connectivity index (χ1v) is 5.97. The summed E-state index contributed by atoms with van der Waals surface area (Å²) in [4.78, 5) is 4.09. The second kappa shape index (κ2) is 7.08. The first-order chi connectivity index (χ1) is 8.79. The lowest BCUT2D eigenvalue weighted by Crippen LogP contribution is -1.94. The number of nitrogens with zero attached hydrogens (tertiary/aromatic N) is 2. The summed E-state index contributed by atoms with van der Waals surface area (Å²) in [5.74, 6) is 0. The topological polar surface area (TPSA) is 48.7 Å². The highest BCUT2D eigenvalue weighted by molar-refractivity contribution is 5.66. The molecule has 92 valence electrons. The molecule has 1 heterocycles. The molecule has 1 aromatic heterocycles. The minimum absolute atomic E-state index is 0.629. The molecular weight excluding hydrogens is 222 g/mol. The van der Waals surface area contributed by atoms with E-state index in [2.05, 4.69) is 16.4 Å². The summed E-state index contributed by atoms with van der Waals surface area (Å²) in [6.45, 7) is 5.98. The molecule has 3 nitrogen and oxygen atoms in total. The van der Waals surface area contributed by atoms with Crippen molar-refractivity contribution in [1.29, 1.82) is 5.26 Å². The Kier molecular flexibility index (Phi) is 5.40. The number of hydrogen-bond donors (Lipinski definition) is 1. The summed E-state index contributed by atoms with van der Waals surface area (Å²) < 4.78 is 0. The van der Waals surface area contributed by atoms with Crippen LogP contribution in [0.3, 0.4) is 0 Å². The molecule has 0 aliphatic heterocycles. The van der Waals surface area contributed by atoms with Gasteiger partial charge in [-0.05, 0) is 30.7 Å². The molecule has 0 saturated heterocycles. The van der Waals surface area contributed by atoms with Crippen molar-refractivity contribution in [2.24, 2.45) is 0 Å². The maximum Gasteiger partial charge on any atom is 0.101 e. The fourth-order valence-corrected chi connectivity index (χ4v) is 1.47. The monoisotopic (exact) mass is 239 g/mol. The van der Waals surface area contributed by atoms with Gasteiger partial charge < -0.3 is 5.32 Å². The first kappa shape index (κ1) is 13.7. The molecule has 18 heavy (non-hydrogen) atoms. The zero-order valence-electron chi connectivity index (χ0n) is 10.9. The van der Waals surface area contributed by atoms with Crippen molar-refractivity contribution in [3.8, 4) is 6.07 Å². The molecule has 0 aliphatic rings. The van der Waals surface area contributed by atoms with E-state index in [0.29, 0.717) is 5.56 Å². The van der Waals surface area contributed by atoms with Gasteiger partial charge in [0.15, 0.2) is 0 Å². The molecule has 0 aliphatic carbocycles. The van der Waals surface area contributed by atoms with Crippen LogP contribution >= 0.6 is 0 Å². The highest BCUT2D eigenvalue weighted by Gasteiger charge is 2.00. The first-order valence-electron chi connectivity index (χ1n) is 5.97. The highest BCUT2D eigenvalue weighted by atomic mass is 14.9. The smallest absolute Gasteiger partial charge is 0.101 e. The number of hydrogen-bond acceptors (Lipinski definition) is 3. The lowest BCUT2D eigenvalue weighted by molar-refractivity contribution is 1.26. The van der Waals surface area contributed by atoms with Gasteiger partial charge in [-0.25, -0.2) is 0 Å². The second-order valence-electron chi connectivity index (χ2n) is 3.53. The van der Waals surface area contributed by atoms with Gasteiger partial charge >= 0.3 is 0 Å². The maximum atomic E-state index is 8.95. The molecule has 3 heteroatoms. The predicted molar refractivity (Wildman–Crippen MR) is 74.8 cm³/mol. The SMILES string of the molecule is CC.Cc1cncc(Nc2ccccc2C#N)c1. The van der Waals surface area contributed by atoms with Crippen LogP contribution in [0.4, 0.5) is 11.4 Å². The average molecular weight is 239 g/mol. The number of benzene rings is 1. The van der Waals surface area contributed by atoms with Crippen LogP contribution in [0, 0.1) is 18.3 Å². The number of aryl methyl sites for hydroxylation is 1. The van der Waals surface area contributed by atoms with Crippen LogP contribution in [0.15, 0.2) is 42.7 Å². The Morgan fingerprint density at radius 2 is 1.89 bits per heavy atom. The highest BCUT2D eigenvalue weighted by Crippen LogP contribution is 2.19. The van der Waals surface area contributed by atoms with Crippen molar-refractivity contribution in [1.82, 2.24) is 4.98 Å². The Morgan fingerprint density at radius 3 is 2.56 bits per heavy atom. The molecule has 0 spiro atoms. The molecule has 0 radical (unpaired) electrons. The number of nitriles is 1. The Labute approximate surface area is 108 Å². The largest absolute Gasteiger partial charge is 0.353 e. The van der Waals surface area contributed by atoms with Gasteiger partial charge in [0, 0.05) is 6.20 Å². The van der Waals surface area contributed by atoms with E-state index in [1.807, 2.05) is 45.0 Å². The number of pyridine rings is 1. The summed E-state index contributed by atoms with van der Waals surface area (Å²) in [6.07, 6.45) is 3.53. The van der Waals surface area contributed by atoms with E-state index < -0.39 is 0 Å². The standard InChI is InChI=1S/C13H11N3.C2H6/c1-10-6-12(9-15-8-10)16-13-5-3-2-4-11(13)7-14;1-2/h2-6,8-9,16H,1H3;1-2H3. The van der Waals surface area contributed by atoms with E-state index in [9.17, 15) is 0 Å². The number of aromatic nitrogens is 1. The van der Waals surface area contributed by atoms with Crippen molar-refractivity contribution in [3.63, 3.8) is 0 Å². The minimum atomic E-state index is 0.629. The molecule has 0 fully saturated rings. The number of para-hydroxylation sites is 1. The van der Waals surface area contributed by atoms with E-state index in [-0.39, 0.29) is 0 Å². The van der Waals surface area contributed by atoms with Gasteiger partial charge in [-0.15, -0.1) is 0 Å². The van der Waals surface area contributed by atoms with E-state index in [4.69, 9.17) is 5.26 Å². The zero-order chi connectivity index (χ0) is 13.4. The fraction of sp³-hybridized carbons (Fsp3) is 0.200. The van der Waals surface area contributed by atoms with Crippen molar-refractivity contribution < 1.29 is 0 Å². The molecular formula is C15H17N3. The van der Waals surface area contributed by atoms with Crippen LogP contribution in [-0.4, -0.2) is 4.98 Å². The Morgan fingerprint density at radius 1 is 1.17 bits per heavy atom. The van der Waals surface area contributed by atoms with Crippen molar-refractivity contribution in [2.75, 3.05) is 5.32 Å². The van der Waals surface area contributed by atoms with Gasteiger partial charge in [-0.3, -0.25) is 4.98 Å². The third kappa shape index (κ3) is 3.60. The molecule has 0 amide bonds. The van der Waals surface area contributed by atoms with Gasteiger partial charge in [0.25, 0.3) is 0 Å². The van der Waals surface area contributed by atoms with Crippen LogP contribution in [-0.2, 0) is 0 Å². The lowest BCUT2D eigenvalue weighted by Gasteiger charge is -2.07. The fourth-order valence-electron chi connectivity index (χ4n) is 1.47. The summed E-state index contributed by atoms with van der Waals surface area (Å²) in [5, 5.41) is 12.1. The van der Waals surface area contributed by atoms with Crippen molar-refractivity contribution in [2.45, 2.75) is 20.8 Å². The van der Waals surface area contributed by atoms with Crippen LogP contribution in [0.1, 0.15) is 25.0 Å².